The molecule has 2 aromatic rings. The Morgan fingerprint density at radius 2 is 2.16 bits per heavy atom. The van der Waals surface area contributed by atoms with Crippen molar-refractivity contribution in [1.29, 1.82) is 0 Å². The number of benzene rings is 1. The van der Waals surface area contributed by atoms with Gasteiger partial charge in [-0.25, -0.2) is 0 Å². The van der Waals surface area contributed by atoms with Crippen LogP contribution in [0, 0.1) is 5.92 Å². The Kier molecular flexibility index (Phi) is 4.93. The number of hydrogen-bond acceptors (Lipinski definition) is 4. The van der Waals surface area contributed by atoms with Crippen molar-refractivity contribution < 1.29 is 4.74 Å². The van der Waals surface area contributed by atoms with E-state index in [4.69, 9.17) is 4.74 Å². The van der Waals surface area contributed by atoms with E-state index in [0.29, 0.717) is 5.92 Å². The molecule has 1 aromatic heterocycles. The van der Waals surface area contributed by atoms with Crippen LogP contribution >= 0.6 is 11.5 Å². The zero-order valence-electron chi connectivity index (χ0n) is 11.6. The normalized spacial score (nSPS) is 10.9. The first-order valence-corrected chi connectivity index (χ1v) is 7.27. The summed E-state index contributed by atoms with van der Waals surface area (Å²) in [6, 6.07) is 10.2. The van der Waals surface area contributed by atoms with Crippen LogP contribution in [-0.4, -0.2) is 18.0 Å². The van der Waals surface area contributed by atoms with Crippen LogP contribution in [0.15, 0.2) is 30.3 Å². The van der Waals surface area contributed by atoms with Crippen LogP contribution in [0.3, 0.4) is 0 Å². The van der Waals surface area contributed by atoms with Crippen molar-refractivity contribution in [3.63, 3.8) is 0 Å². The van der Waals surface area contributed by atoms with Gasteiger partial charge in [0.15, 0.2) is 0 Å². The lowest BCUT2D eigenvalue weighted by Gasteiger charge is -2.04. The molecular formula is C15H20N2OS. The van der Waals surface area contributed by atoms with E-state index in [1.165, 1.54) is 4.88 Å². The van der Waals surface area contributed by atoms with E-state index in [-0.39, 0.29) is 0 Å². The fourth-order valence-electron chi connectivity index (χ4n) is 1.80. The summed E-state index contributed by atoms with van der Waals surface area (Å²) in [4.78, 5) is 1.26. The van der Waals surface area contributed by atoms with Crippen LogP contribution in [0.1, 0.15) is 18.7 Å². The maximum Gasteiger partial charge on any atom is 0.119 e. The van der Waals surface area contributed by atoms with Gasteiger partial charge in [0.1, 0.15) is 5.75 Å². The van der Waals surface area contributed by atoms with Crippen molar-refractivity contribution >= 4 is 11.5 Å². The lowest BCUT2D eigenvalue weighted by Crippen LogP contribution is -2.18. The van der Waals surface area contributed by atoms with Crippen molar-refractivity contribution in [2.75, 3.05) is 13.7 Å². The highest BCUT2D eigenvalue weighted by Crippen LogP contribution is 2.25. The highest BCUT2D eigenvalue weighted by atomic mass is 32.1. The average Bonchev–Trinajstić information content (AvgIpc) is 2.87. The van der Waals surface area contributed by atoms with Crippen LogP contribution in [-0.2, 0) is 6.54 Å². The topological polar surface area (TPSA) is 34.1 Å². The third kappa shape index (κ3) is 4.04. The highest BCUT2D eigenvalue weighted by molar-refractivity contribution is 7.06. The van der Waals surface area contributed by atoms with Crippen LogP contribution < -0.4 is 10.1 Å². The van der Waals surface area contributed by atoms with E-state index in [0.717, 1.165) is 30.1 Å². The van der Waals surface area contributed by atoms with Gasteiger partial charge in [0.25, 0.3) is 0 Å². The lowest BCUT2D eigenvalue weighted by atomic mass is 10.1. The number of nitrogens with one attached hydrogen (secondary N) is 1. The number of aromatic nitrogens is 1. The SMILES string of the molecule is COc1cccc(-c2cc(CNCC(C)C)sn2)c1. The summed E-state index contributed by atoms with van der Waals surface area (Å²) < 4.78 is 9.74. The molecule has 0 saturated carbocycles. The molecule has 0 radical (unpaired) electrons. The van der Waals surface area contributed by atoms with Gasteiger partial charge in [-0.2, -0.15) is 4.37 Å². The Morgan fingerprint density at radius 1 is 1.32 bits per heavy atom. The number of nitrogens with zero attached hydrogens (tertiary/aromatic N) is 1. The molecule has 0 aliphatic carbocycles. The largest absolute Gasteiger partial charge is 0.497 e. The molecule has 1 heterocycles. The van der Waals surface area contributed by atoms with Gasteiger partial charge in [-0.3, -0.25) is 0 Å². The Bertz CT molecular complexity index is 522. The van der Waals surface area contributed by atoms with Gasteiger partial charge in [0.2, 0.25) is 0 Å². The van der Waals surface area contributed by atoms with Crippen molar-refractivity contribution in [1.82, 2.24) is 9.69 Å². The Hall–Kier alpha value is -1.39. The molecule has 0 atom stereocenters. The number of ether oxygens (including phenoxy) is 1. The molecule has 3 nitrogen and oxygen atoms in total. The summed E-state index contributed by atoms with van der Waals surface area (Å²) in [6.45, 7) is 6.34. The van der Waals surface area contributed by atoms with Crippen molar-refractivity contribution in [3.05, 3.63) is 35.2 Å². The van der Waals surface area contributed by atoms with E-state index in [2.05, 4.69) is 35.7 Å². The molecule has 0 unspecified atom stereocenters. The van der Waals surface area contributed by atoms with Crippen LogP contribution in [0.5, 0.6) is 5.75 Å². The molecule has 0 spiro atoms. The summed E-state index contributed by atoms with van der Waals surface area (Å²) in [6.07, 6.45) is 0. The molecule has 19 heavy (non-hydrogen) atoms. The van der Waals surface area contributed by atoms with Crippen LogP contribution in [0.4, 0.5) is 0 Å². The van der Waals surface area contributed by atoms with Gasteiger partial charge in [-0.05, 0) is 42.2 Å². The molecule has 2 rings (SSSR count). The molecule has 0 saturated heterocycles. The standard InChI is InChI=1S/C15H20N2OS/c1-11(2)9-16-10-14-8-15(17-19-14)12-5-4-6-13(7-12)18-3/h4-8,11,16H,9-10H2,1-3H3. The van der Waals surface area contributed by atoms with Gasteiger partial charge in [0, 0.05) is 17.0 Å². The van der Waals surface area contributed by atoms with Gasteiger partial charge in [-0.15, -0.1) is 0 Å². The predicted molar refractivity (Wildman–Crippen MR) is 80.6 cm³/mol. The third-order valence-electron chi connectivity index (χ3n) is 2.78. The highest BCUT2D eigenvalue weighted by Gasteiger charge is 2.05. The number of hydrogen-bond donors (Lipinski definition) is 1. The summed E-state index contributed by atoms with van der Waals surface area (Å²) in [7, 11) is 1.68. The minimum Gasteiger partial charge on any atom is -0.497 e. The predicted octanol–water partition coefficient (Wildman–Crippen LogP) is 3.56. The first kappa shape index (κ1) is 14.0. The van der Waals surface area contributed by atoms with Crippen LogP contribution in [0.25, 0.3) is 11.3 Å². The van der Waals surface area contributed by atoms with Crippen molar-refractivity contribution in [3.8, 4) is 17.0 Å². The van der Waals surface area contributed by atoms with E-state index < -0.39 is 0 Å². The smallest absolute Gasteiger partial charge is 0.119 e. The number of rotatable bonds is 6. The quantitative estimate of drug-likeness (QED) is 0.876. The first-order valence-electron chi connectivity index (χ1n) is 6.50. The Labute approximate surface area is 118 Å². The minimum atomic E-state index is 0.672. The maximum absolute atomic E-state index is 5.24. The zero-order chi connectivity index (χ0) is 13.7. The summed E-state index contributed by atoms with van der Waals surface area (Å²) in [5, 5.41) is 3.43. The zero-order valence-corrected chi connectivity index (χ0v) is 12.5. The minimum absolute atomic E-state index is 0.672. The molecule has 0 fully saturated rings. The van der Waals surface area contributed by atoms with E-state index in [1.54, 1.807) is 18.6 Å². The fourth-order valence-corrected chi connectivity index (χ4v) is 2.50. The summed E-state index contributed by atoms with van der Waals surface area (Å²) >= 11 is 1.56. The van der Waals surface area contributed by atoms with Crippen molar-refractivity contribution in [2.45, 2.75) is 20.4 Å². The molecule has 102 valence electrons. The van der Waals surface area contributed by atoms with Gasteiger partial charge in [0.05, 0.1) is 12.8 Å². The van der Waals surface area contributed by atoms with E-state index in [9.17, 15) is 0 Å². The second-order valence-corrected chi connectivity index (χ2v) is 5.82. The molecule has 0 aliphatic rings. The molecule has 0 bridgehead atoms. The fraction of sp³-hybridized carbons (Fsp3) is 0.400. The summed E-state index contributed by atoms with van der Waals surface area (Å²) in [5.41, 5.74) is 2.12. The van der Waals surface area contributed by atoms with Gasteiger partial charge < -0.3 is 10.1 Å². The molecule has 1 N–H and O–H groups in total. The van der Waals surface area contributed by atoms with Gasteiger partial charge >= 0.3 is 0 Å². The van der Waals surface area contributed by atoms with E-state index in [1.807, 2.05) is 18.2 Å². The molecule has 0 aliphatic heterocycles. The first-order chi connectivity index (χ1) is 9.19. The summed E-state index contributed by atoms with van der Waals surface area (Å²) in [5.74, 6) is 1.54. The molecule has 4 heteroatoms. The third-order valence-corrected chi connectivity index (χ3v) is 3.56. The number of methoxy groups -OCH3 is 1. The lowest BCUT2D eigenvalue weighted by molar-refractivity contribution is 0.415. The monoisotopic (exact) mass is 276 g/mol. The second-order valence-electron chi connectivity index (χ2n) is 4.94. The molecule has 1 aromatic carbocycles. The maximum atomic E-state index is 5.24. The Morgan fingerprint density at radius 3 is 2.89 bits per heavy atom. The van der Waals surface area contributed by atoms with Crippen molar-refractivity contribution in [2.24, 2.45) is 5.92 Å². The van der Waals surface area contributed by atoms with Crippen LogP contribution in [0.2, 0.25) is 0 Å². The molecule has 0 amide bonds. The molecular weight excluding hydrogens is 256 g/mol. The second kappa shape index (κ2) is 6.68. The van der Waals surface area contributed by atoms with Gasteiger partial charge in [-0.1, -0.05) is 26.0 Å². The average molecular weight is 276 g/mol. The van der Waals surface area contributed by atoms with E-state index >= 15 is 0 Å². The Balaban J connectivity index is 2.03.